The fourth-order valence-corrected chi connectivity index (χ4v) is 43.4. The van der Waals surface area contributed by atoms with Crippen molar-refractivity contribution in [3.63, 3.8) is 0 Å². The second-order valence-corrected chi connectivity index (χ2v) is 39.7. The van der Waals surface area contributed by atoms with Gasteiger partial charge >= 0.3 is 398 Å². The Morgan fingerprint density at radius 2 is 0.339 bits per heavy atom. The van der Waals surface area contributed by atoms with Crippen LogP contribution in [-0.4, -0.2) is 49.3 Å². The Labute approximate surface area is 396 Å². The first-order chi connectivity index (χ1) is 30.4. The van der Waals surface area contributed by atoms with Gasteiger partial charge in [-0.1, -0.05) is 0 Å². The van der Waals surface area contributed by atoms with Gasteiger partial charge in [0, 0.05) is 0 Å². The third-order valence-corrected chi connectivity index (χ3v) is 45.4. The Kier molecular flexibility index (Phi) is 42.9. The maximum absolute atomic E-state index is 4.87. The zero-order valence-electron chi connectivity index (χ0n) is 44.8. The molecular formula is C60H124P2. The molecule has 0 N–H and O–H groups in total. The maximum atomic E-state index is 4.87. The van der Waals surface area contributed by atoms with Crippen molar-refractivity contribution >= 4 is 12.6 Å². The van der Waals surface area contributed by atoms with E-state index in [4.69, 9.17) is 13.2 Å². The average Bonchev–Trinajstić information content (AvgIpc) is 3.27. The van der Waals surface area contributed by atoms with Crippen LogP contribution in [-0.2, 0) is 0 Å². The summed E-state index contributed by atoms with van der Waals surface area (Å²) in [5.41, 5.74) is 0. The summed E-state index contributed by atoms with van der Waals surface area (Å²) in [5.74, 6) is 0. The molecule has 0 rings (SSSR count). The molecule has 0 heterocycles. The van der Waals surface area contributed by atoms with Gasteiger partial charge in [0.05, 0.1) is 0 Å². The fourth-order valence-electron chi connectivity index (χ4n) is 12.9. The number of hydrogen-bond acceptors (Lipinski definition) is 0. The van der Waals surface area contributed by atoms with Crippen LogP contribution in [0, 0.1) is 0 Å². The zero-order valence-corrected chi connectivity index (χ0v) is 46.6. The molecule has 2 heteroatoms. The molecule has 0 fully saturated rings. The van der Waals surface area contributed by atoms with E-state index in [0.717, 1.165) is 0 Å². The van der Waals surface area contributed by atoms with E-state index in [2.05, 4.69) is 53.7 Å². The number of hydrogen-bond donors (Lipinski definition) is 0. The minimum atomic E-state index is -2.37. The Morgan fingerprint density at radius 3 is 0.468 bits per heavy atom. The van der Waals surface area contributed by atoms with Gasteiger partial charge in [-0.3, -0.25) is 0 Å². The van der Waals surface area contributed by atoms with Gasteiger partial charge in [-0.25, -0.2) is 0 Å². The summed E-state index contributed by atoms with van der Waals surface area (Å²) in [4.78, 5) is 0. The van der Waals surface area contributed by atoms with E-state index in [9.17, 15) is 0 Å². The van der Waals surface area contributed by atoms with Gasteiger partial charge < -0.3 is 0 Å². The van der Waals surface area contributed by atoms with Gasteiger partial charge in [0.25, 0.3) is 0 Å². The van der Waals surface area contributed by atoms with Crippen LogP contribution in [0.25, 0.3) is 0 Å². The predicted molar refractivity (Wildman–Crippen MR) is 301 cm³/mol. The summed E-state index contributed by atoms with van der Waals surface area (Å²) in [6.07, 6.45) is 74.2. The van der Waals surface area contributed by atoms with Crippen molar-refractivity contribution in [2.45, 2.75) is 311 Å². The van der Waals surface area contributed by atoms with Crippen LogP contribution in [0.15, 0.2) is 25.3 Å². The number of allylic oxidation sites excluding steroid dienone is 2. The molecule has 0 aliphatic rings. The van der Waals surface area contributed by atoms with Crippen LogP contribution in [0.4, 0.5) is 0 Å². The van der Waals surface area contributed by atoms with Crippen molar-refractivity contribution in [3.05, 3.63) is 25.3 Å². The molecule has 0 amide bonds. The van der Waals surface area contributed by atoms with Crippen LogP contribution in [0.5, 0.6) is 0 Å². The van der Waals surface area contributed by atoms with Crippen LogP contribution >= 0.6 is 12.6 Å². The van der Waals surface area contributed by atoms with Crippen molar-refractivity contribution < 1.29 is 0 Å². The van der Waals surface area contributed by atoms with Crippen molar-refractivity contribution in [3.8, 4) is 0 Å². The van der Waals surface area contributed by atoms with E-state index in [0.29, 0.717) is 0 Å². The summed E-state index contributed by atoms with van der Waals surface area (Å²) in [6.45, 7) is 24.1. The van der Waals surface area contributed by atoms with Crippen molar-refractivity contribution in [1.29, 1.82) is 0 Å². The first kappa shape index (κ1) is 62.3. The fraction of sp³-hybridized carbons (Fsp3) is 0.933. The second-order valence-electron chi connectivity index (χ2n) is 21.8. The summed E-state index contributed by atoms with van der Waals surface area (Å²) in [6, 6.07) is 0. The molecule has 0 aromatic carbocycles. The van der Waals surface area contributed by atoms with Gasteiger partial charge in [0.15, 0.2) is 0 Å². The normalized spacial score (nSPS) is 13.5. The van der Waals surface area contributed by atoms with Gasteiger partial charge in [-0.15, -0.1) is 0 Å². The zero-order chi connectivity index (χ0) is 45.7. The molecule has 0 atom stereocenters. The molecule has 374 valence electrons. The van der Waals surface area contributed by atoms with E-state index in [-0.39, 0.29) is 0 Å². The molecule has 0 spiro atoms. The molecule has 0 aromatic heterocycles. The van der Waals surface area contributed by atoms with Gasteiger partial charge in [0.1, 0.15) is 0 Å². The van der Waals surface area contributed by atoms with E-state index < -0.39 is 12.6 Å². The Balaban J connectivity index is 7.71. The van der Waals surface area contributed by atoms with Crippen molar-refractivity contribution in [1.82, 2.24) is 0 Å². The Bertz CT molecular complexity index is 854. The first-order valence-electron chi connectivity index (χ1n) is 29.6. The average molecular weight is 908 g/mol. The molecule has 62 heavy (non-hydrogen) atoms. The minimum absolute atomic E-state index is 1.36. The van der Waals surface area contributed by atoms with Crippen LogP contribution in [0.2, 0.25) is 0 Å². The third-order valence-electron chi connectivity index (χ3n) is 16.8. The second kappa shape index (κ2) is 42.7. The summed E-state index contributed by atoms with van der Waals surface area (Å²) in [5, 5.41) is 0. The van der Waals surface area contributed by atoms with Crippen LogP contribution in [0.1, 0.15) is 311 Å². The molecule has 0 unspecified atom stereocenters. The summed E-state index contributed by atoms with van der Waals surface area (Å²) in [7, 11) is 0. The van der Waals surface area contributed by atoms with Gasteiger partial charge in [0.2, 0.25) is 0 Å². The van der Waals surface area contributed by atoms with E-state index >= 15 is 0 Å². The van der Waals surface area contributed by atoms with Gasteiger partial charge in [-0.2, -0.15) is 0 Å². The third kappa shape index (κ3) is 24.9. The van der Waals surface area contributed by atoms with Crippen molar-refractivity contribution in [2.75, 3.05) is 49.3 Å². The molecule has 0 bridgehead atoms. The Morgan fingerprint density at radius 1 is 0.210 bits per heavy atom. The summed E-state index contributed by atoms with van der Waals surface area (Å²) < 4.78 is 0. The SMILES string of the molecule is C=CCP(CCCCCCCC)(CCCCCCCC)(CCCCCCCC)P(CC=C)(CCCCCCCCCC)(CCCCCCCCCC)CCCCCCCCCC. The van der Waals surface area contributed by atoms with Crippen LogP contribution < -0.4 is 0 Å². The number of rotatable bonds is 53. The van der Waals surface area contributed by atoms with Crippen molar-refractivity contribution in [2.24, 2.45) is 0 Å². The molecular weight excluding hydrogens is 783 g/mol. The van der Waals surface area contributed by atoms with E-state index in [1.165, 1.54) is 282 Å². The first-order valence-corrected chi connectivity index (χ1v) is 36.3. The molecule has 0 radical (unpaired) electrons. The summed E-state index contributed by atoms with van der Waals surface area (Å²) >= 11 is 0. The molecule has 0 aliphatic carbocycles. The quantitative estimate of drug-likeness (QED) is 0.0324. The van der Waals surface area contributed by atoms with Crippen LogP contribution in [0.3, 0.4) is 0 Å². The number of unbranched alkanes of at least 4 members (excludes halogenated alkanes) is 36. The predicted octanol–water partition coefficient (Wildman–Crippen LogP) is 22.9. The Hall–Kier alpha value is 0.340. The van der Waals surface area contributed by atoms with E-state index in [1.807, 2.05) is 0 Å². The van der Waals surface area contributed by atoms with E-state index in [1.54, 1.807) is 37.0 Å². The molecule has 0 saturated heterocycles. The molecule has 0 aliphatic heterocycles. The monoisotopic (exact) mass is 907 g/mol. The molecule has 0 aromatic rings. The molecule has 0 saturated carbocycles. The standard InChI is InChI=1S/C60H124P2/c1-9-17-23-29-35-38-44-50-58-62(54-16-8,59-51-45-39-36-30-24-18-10-2,60-52-46-40-37-31-25-19-11-3)61(53-15-7,55-47-41-32-26-20-12-4,56-48-42-33-27-21-13-5)57-49-43-34-28-22-14-6/h15-16H,7-14,17-60H2,1-6H3. The molecule has 0 nitrogen and oxygen atoms in total. The van der Waals surface area contributed by atoms with Gasteiger partial charge in [-0.05, 0) is 0 Å². The topological polar surface area (TPSA) is 0 Å².